The zero-order chi connectivity index (χ0) is 57.5. The van der Waals surface area contributed by atoms with E-state index in [1.54, 1.807) is 0 Å². The number of carbonyl (C=O) groups is 2. The van der Waals surface area contributed by atoms with Crippen LogP contribution in [0.1, 0.15) is 187 Å². The van der Waals surface area contributed by atoms with E-state index in [0.29, 0.717) is 12.8 Å². The number of aliphatic hydroxyl groups is 11. The summed E-state index contributed by atoms with van der Waals surface area (Å²) in [6.07, 6.45) is -3.66. The van der Waals surface area contributed by atoms with Gasteiger partial charge < -0.3 is 89.5 Å². The zero-order valence-corrected chi connectivity index (χ0v) is 47.1. The van der Waals surface area contributed by atoms with E-state index in [1.807, 2.05) is 0 Å². The molecule has 16 unspecified atom stereocenters. The van der Waals surface area contributed by atoms with Crippen LogP contribution in [-0.4, -0.2) is 204 Å². The van der Waals surface area contributed by atoms with Crippen LogP contribution in [0.5, 0.6) is 0 Å². The Hall–Kier alpha value is -1.81. The van der Waals surface area contributed by atoms with E-state index in [4.69, 9.17) is 37.5 Å². The summed E-state index contributed by atoms with van der Waals surface area (Å²) in [7, 11) is -5.63. The molecular formula is C54H99O23P. The van der Waals surface area contributed by atoms with Crippen LogP contribution in [0.3, 0.4) is 0 Å². The van der Waals surface area contributed by atoms with Gasteiger partial charge in [-0.05, 0) is 38.5 Å². The Morgan fingerprint density at radius 1 is 0.474 bits per heavy atom. The Balaban J connectivity index is 1.72. The van der Waals surface area contributed by atoms with E-state index in [2.05, 4.69) is 26.0 Å². The van der Waals surface area contributed by atoms with E-state index >= 15 is 0 Å². The molecule has 0 amide bonds. The Morgan fingerprint density at radius 2 is 0.846 bits per heavy atom. The van der Waals surface area contributed by atoms with E-state index in [0.717, 1.165) is 64.2 Å². The minimum absolute atomic E-state index is 0.0306. The number of hydrogen-bond acceptors (Lipinski definition) is 22. The first-order valence-electron chi connectivity index (χ1n) is 29.0. The second-order valence-electron chi connectivity index (χ2n) is 21.2. The van der Waals surface area contributed by atoms with Gasteiger partial charge in [0.25, 0.3) is 0 Å². The monoisotopic (exact) mass is 1150 g/mol. The molecule has 1 saturated carbocycles. The minimum Gasteiger partial charge on any atom is -0.462 e. The van der Waals surface area contributed by atoms with Crippen molar-refractivity contribution < 1.29 is 113 Å². The number of aliphatic hydroxyl groups excluding tert-OH is 11. The van der Waals surface area contributed by atoms with Crippen molar-refractivity contribution in [2.75, 3.05) is 26.4 Å². The molecule has 458 valence electrons. The summed E-state index contributed by atoms with van der Waals surface area (Å²) in [5.41, 5.74) is 0. The highest BCUT2D eigenvalue weighted by Gasteiger charge is 2.58. The van der Waals surface area contributed by atoms with Gasteiger partial charge in [-0.25, -0.2) is 4.57 Å². The topological polar surface area (TPSA) is 368 Å². The van der Waals surface area contributed by atoms with Gasteiger partial charge in [0.05, 0.1) is 19.8 Å². The molecule has 0 spiro atoms. The van der Waals surface area contributed by atoms with Crippen LogP contribution in [0, 0.1) is 0 Å². The molecule has 0 aromatic rings. The van der Waals surface area contributed by atoms with Crippen molar-refractivity contribution >= 4 is 19.8 Å². The van der Waals surface area contributed by atoms with Gasteiger partial charge in [-0.15, -0.1) is 0 Å². The molecule has 3 aliphatic rings. The van der Waals surface area contributed by atoms with Crippen molar-refractivity contribution in [2.45, 2.75) is 291 Å². The Labute approximate surface area is 461 Å². The minimum atomic E-state index is -5.63. The van der Waals surface area contributed by atoms with Gasteiger partial charge in [0.1, 0.15) is 92.1 Å². The molecular weight excluding hydrogens is 1050 g/mol. The fraction of sp³-hybridized carbons (Fsp3) is 0.926. The maximum Gasteiger partial charge on any atom is 0.472 e. The maximum absolute atomic E-state index is 14.0. The molecule has 16 atom stereocenters. The van der Waals surface area contributed by atoms with Crippen LogP contribution in [0.2, 0.25) is 0 Å². The second kappa shape index (κ2) is 39.6. The Morgan fingerprint density at radius 3 is 1.27 bits per heavy atom. The summed E-state index contributed by atoms with van der Waals surface area (Å²) in [5, 5.41) is 116. The molecule has 0 aromatic heterocycles. The third-order valence-electron chi connectivity index (χ3n) is 14.6. The number of phosphoric acid groups is 1. The number of carbonyl (C=O) groups excluding carboxylic acids is 2. The molecule has 12 N–H and O–H groups in total. The van der Waals surface area contributed by atoms with E-state index in [9.17, 15) is 75.2 Å². The molecule has 0 radical (unpaired) electrons. The molecule has 3 fully saturated rings. The van der Waals surface area contributed by atoms with Gasteiger partial charge in [-0.3, -0.25) is 18.6 Å². The van der Waals surface area contributed by atoms with Crippen molar-refractivity contribution in [1.29, 1.82) is 0 Å². The molecule has 0 bridgehead atoms. The number of rotatable bonds is 42. The number of esters is 2. The summed E-state index contributed by atoms with van der Waals surface area (Å²) in [4.78, 5) is 37.4. The lowest BCUT2D eigenvalue weighted by atomic mass is 9.84. The average molecular weight is 1150 g/mol. The summed E-state index contributed by atoms with van der Waals surface area (Å²) in [5.74, 6) is -1.35. The largest absolute Gasteiger partial charge is 0.472 e. The summed E-state index contributed by atoms with van der Waals surface area (Å²) in [6, 6.07) is 0. The highest BCUT2D eigenvalue weighted by molar-refractivity contribution is 7.47. The van der Waals surface area contributed by atoms with Crippen molar-refractivity contribution in [1.82, 2.24) is 0 Å². The van der Waals surface area contributed by atoms with E-state index in [-0.39, 0.29) is 12.8 Å². The summed E-state index contributed by atoms with van der Waals surface area (Å²) < 4.78 is 58.0. The molecule has 24 heteroatoms. The Bertz CT molecular complexity index is 1610. The lowest BCUT2D eigenvalue weighted by molar-refractivity contribution is -0.360. The number of ether oxygens (including phenoxy) is 6. The van der Waals surface area contributed by atoms with Crippen molar-refractivity contribution in [3.8, 4) is 0 Å². The van der Waals surface area contributed by atoms with Crippen LogP contribution < -0.4 is 0 Å². The molecule has 0 aromatic carbocycles. The van der Waals surface area contributed by atoms with Gasteiger partial charge in [0, 0.05) is 12.8 Å². The predicted molar refractivity (Wildman–Crippen MR) is 282 cm³/mol. The predicted octanol–water partition coefficient (Wildman–Crippen LogP) is 3.54. The maximum atomic E-state index is 14.0. The lowest BCUT2D eigenvalue weighted by Gasteiger charge is -2.49. The average Bonchev–Trinajstić information content (AvgIpc) is 3.42. The van der Waals surface area contributed by atoms with Crippen LogP contribution in [0.25, 0.3) is 0 Å². The highest BCUT2D eigenvalue weighted by Crippen LogP contribution is 2.49. The van der Waals surface area contributed by atoms with Crippen LogP contribution in [0.15, 0.2) is 12.2 Å². The summed E-state index contributed by atoms with van der Waals surface area (Å²) >= 11 is 0. The SMILES string of the molecule is CCCCCCCCCC=CCCCCCC(=O)OCC(COP(=O)(O)OC1C(OC2OC(CO)C(O)C(O)C2O)C(O)C(O)C(O)C1OC1OC(CO)C(O)C(O)C1O)OC(=O)CCCCCCCCCCCCCCC. The van der Waals surface area contributed by atoms with Gasteiger partial charge in [0.15, 0.2) is 18.7 Å². The molecule has 2 heterocycles. The number of allylic oxidation sites excluding steroid dienone is 2. The molecule has 1 aliphatic carbocycles. The van der Waals surface area contributed by atoms with Crippen molar-refractivity contribution in [3.05, 3.63) is 12.2 Å². The van der Waals surface area contributed by atoms with Crippen LogP contribution in [0.4, 0.5) is 0 Å². The number of hydrogen-bond donors (Lipinski definition) is 12. The molecule has 23 nitrogen and oxygen atoms in total. The van der Waals surface area contributed by atoms with Gasteiger partial charge in [0.2, 0.25) is 0 Å². The fourth-order valence-corrected chi connectivity index (χ4v) is 10.7. The zero-order valence-electron chi connectivity index (χ0n) is 46.2. The third-order valence-corrected chi connectivity index (χ3v) is 15.6. The van der Waals surface area contributed by atoms with Crippen LogP contribution >= 0.6 is 7.82 Å². The van der Waals surface area contributed by atoms with Crippen molar-refractivity contribution in [3.63, 3.8) is 0 Å². The molecule has 78 heavy (non-hydrogen) atoms. The molecule has 2 aliphatic heterocycles. The molecule has 2 saturated heterocycles. The number of phosphoric ester groups is 1. The summed E-state index contributed by atoms with van der Waals surface area (Å²) in [6.45, 7) is 0.983. The number of unbranched alkanes of at least 4 members (excludes halogenated alkanes) is 22. The van der Waals surface area contributed by atoms with E-state index < -0.39 is 150 Å². The normalized spacial score (nSPS) is 31.8. The third kappa shape index (κ3) is 25.4. The Kier molecular flexibility index (Phi) is 35.8. The first kappa shape index (κ1) is 70.5. The second-order valence-corrected chi connectivity index (χ2v) is 22.6. The fourth-order valence-electron chi connectivity index (χ4n) is 9.70. The quantitative estimate of drug-likeness (QED) is 0.0180. The van der Waals surface area contributed by atoms with Crippen molar-refractivity contribution in [2.24, 2.45) is 0 Å². The van der Waals surface area contributed by atoms with Gasteiger partial charge in [-0.1, -0.05) is 148 Å². The lowest BCUT2D eigenvalue weighted by Crippen LogP contribution is -2.69. The smallest absolute Gasteiger partial charge is 0.462 e. The first-order chi connectivity index (χ1) is 37.4. The molecule has 3 rings (SSSR count). The highest BCUT2D eigenvalue weighted by atomic mass is 31.2. The van der Waals surface area contributed by atoms with Gasteiger partial charge in [-0.2, -0.15) is 0 Å². The van der Waals surface area contributed by atoms with E-state index in [1.165, 1.54) is 83.5 Å². The standard InChI is InChI=1S/C54H99O23P/c1-3-5-7-9-11-13-15-17-19-20-22-24-26-28-30-39(57)70-34-36(72-40(58)31-29-27-25-23-21-18-16-14-12-10-8-6-4-2)35-71-78(68,69)77-52-50(75-53-48(66)43(61)41(59)37(32-55)73-53)46(64)45(63)47(65)51(52)76-54-49(67)44(62)42(60)38(33-56)74-54/h19-20,36-38,41-56,59-67H,3-18,21-35H2,1-2H3,(H,68,69). The van der Waals surface area contributed by atoms with Crippen LogP contribution in [-0.2, 0) is 51.6 Å². The van der Waals surface area contributed by atoms with Gasteiger partial charge >= 0.3 is 19.8 Å². The first-order valence-corrected chi connectivity index (χ1v) is 30.5.